The molecule has 5 nitrogen and oxygen atoms in total. The number of nitrogens with two attached hydrogens (primary N) is 1. The van der Waals surface area contributed by atoms with E-state index in [1.807, 2.05) is 0 Å². The molecule has 2 aromatic carbocycles. The highest BCUT2D eigenvalue weighted by atomic mass is 32.2. The van der Waals surface area contributed by atoms with Gasteiger partial charge in [-0.05, 0) is 23.3 Å². The van der Waals surface area contributed by atoms with Crippen LogP contribution in [-0.2, 0) is 29.6 Å². The van der Waals surface area contributed by atoms with Crippen LogP contribution in [0.2, 0.25) is 0 Å². The van der Waals surface area contributed by atoms with E-state index < -0.39 is 23.0 Å². The third-order valence-corrected chi connectivity index (χ3v) is 4.53. The molecule has 0 aliphatic heterocycles. The van der Waals surface area contributed by atoms with Crippen molar-refractivity contribution >= 4 is 11.1 Å². The van der Waals surface area contributed by atoms with E-state index in [1.165, 1.54) is 4.57 Å². The summed E-state index contributed by atoms with van der Waals surface area (Å²) in [6.07, 6.45) is -3.64. The van der Waals surface area contributed by atoms with Crippen LogP contribution in [0.3, 0.4) is 0 Å². The lowest BCUT2D eigenvalue weighted by Gasteiger charge is -2.09. The molecule has 1 heterocycles. The van der Waals surface area contributed by atoms with Crippen molar-refractivity contribution in [2.75, 3.05) is 0 Å². The summed E-state index contributed by atoms with van der Waals surface area (Å²) in [5.74, 6) is 0.0928. The number of benzene rings is 2. The zero-order chi connectivity index (χ0) is 19.6. The second kappa shape index (κ2) is 7.63. The zero-order valence-electron chi connectivity index (χ0n) is 14.0. The number of aromatic nitrogens is 2. The van der Waals surface area contributed by atoms with Crippen LogP contribution in [0.5, 0.6) is 0 Å². The molecule has 1 aromatic heterocycles. The molecule has 3 N–H and O–H groups in total. The highest BCUT2D eigenvalue weighted by Crippen LogP contribution is 2.32. The van der Waals surface area contributed by atoms with Crippen LogP contribution < -0.4 is 5.73 Å². The van der Waals surface area contributed by atoms with Crippen LogP contribution in [-0.4, -0.2) is 18.3 Å². The van der Waals surface area contributed by atoms with Gasteiger partial charge in [0.05, 0.1) is 5.75 Å². The molecule has 9 heteroatoms. The number of halogens is 3. The number of imidazole rings is 1. The van der Waals surface area contributed by atoms with E-state index in [2.05, 4.69) is 4.98 Å². The Labute approximate surface area is 155 Å². The van der Waals surface area contributed by atoms with Crippen LogP contribution in [0.1, 0.15) is 16.8 Å². The number of hydrogen-bond acceptors (Lipinski definition) is 3. The Bertz CT molecular complexity index is 951. The molecule has 27 heavy (non-hydrogen) atoms. The second-order valence-electron chi connectivity index (χ2n) is 5.85. The SMILES string of the molecule is NCc1ccc(-c2nc(C(F)(F)F)cn2-c2ccc(CS(=O)O)cc2)cc1. The summed E-state index contributed by atoms with van der Waals surface area (Å²) >= 11 is -1.99. The van der Waals surface area contributed by atoms with Gasteiger partial charge in [-0.1, -0.05) is 36.4 Å². The Morgan fingerprint density at radius 1 is 1.04 bits per heavy atom. The van der Waals surface area contributed by atoms with Crippen molar-refractivity contribution < 1.29 is 21.9 Å². The minimum absolute atomic E-state index is 0.0502. The standard InChI is InChI=1S/C18H16F3N3O2S/c19-18(20,21)16-10-24(15-7-3-13(4-8-15)11-27(25)26)17(23-16)14-5-1-12(9-22)2-6-14/h1-8,10H,9,11,22H2,(H,25,26). The summed E-state index contributed by atoms with van der Waals surface area (Å²) in [6, 6.07) is 13.2. The number of rotatable bonds is 5. The Kier molecular flexibility index (Phi) is 5.45. The molecule has 0 aliphatic rings. The molecule has 142 valence electrons. The molecule has 0 spiro atoms. The molecule has 3 aromatic rings. The minimum atomic E-state index is -4.58. The lowest BCUT2D eigenvalue weighted by Crippen LogP contribution is -2.05. The Balaban J connectivity index is 2.07. The molecular weight excluding hydrogens is 379 g/mol. The van der Waals surface area contributed by atoms with Gasteiger partial charge in [0.1, 0.15) is 5.82 Å². The third-order valence-electron chi connectivity index (χ3n) is 3.95. The summed E-state index contributed by atoms with van der Waals surface area (Å²) < 4.78 is 60.7. The van der Waals surface area contributed by atoms with E-state index in [0.29, 0.717) is 23.4 Å². The van der Waals surface area contributed by atoms with Crippen molar-refractivity contribution in [1.29, 1.82) is 0 Å². The quantitative estimate of drug-likeness (QED) is 0.645. The van der Waals surface area contributed by atoms with Gasteiger partial charge < -0.3 is 10.3 Å². The lowest BCUT2D eigenvalue weighted by atomic mass is 10.1. The maximum absolute atomic E-state index is 13.2. The fraction of sp³-hybridized carbons (Fsp3) is 0.167. The number of nitrogens with zero attached hydrogens (tertiary/aromatic N) is 2. The van der Waals surface area contributed by atoms with Gasteiger partial charge in [-0.2, -0.15) is 13.2 Å². The van der Waals surface area contributed by atoms with Gasteiger partial charge in [-0.25, -0.2) is 9.19 Å². The van der Waals surface area contributed by atoms with Crippen molar-refractivity contribution in [3.8, 4) is 17.1 Å². The topological polar surface area (TPSA) is 81.1 Å². The first-order chi connectivity index (χ1) is 12.8. The summed E-state index contributed by atoms with van der Waals surface area (Å²) in [7, 11) is 0. The van der Waals surface area contributed by atoms with Gasteiger partial charge in [0, 0.05) is 24.0 Å². The third kappa shape index (κ3) is 4.44. The Morgan fingerprint density at radius 3 is 2.15 bits per heavy atom. The van der Waals surface area contributed by atoms with Crippen molar-refractivity contribution in [2.45, 2.75) is 18.5 Å². The zero-order valence-corrected chi connectivity index (χ0v) is 14.8. The van der Waals surface area contributed by atoms with Gasteiger partial charge in [0.2, 0.25) is 0 Å². The average molecular weight is 395 g/mol. The van der Waals surface area contributed by atoms with E-state index in [9.17, 15) is 17.4 Å². The highest BCUT2D eigenvalue weighted by Gasteiger charge is 2.35. The van der Waals surface area contributed by atoms with Crippen LogP contribution in [0.4, 0.5) is 13.2 Å². The predicted octanol–water partition coefficient (Wildman–Crippen LogP) is 3.74. The molecule has 0 saturated carbocycles. The van der Waals surface area contributed by atoms with Gasteiger partial charge in [0.25, 0.3) is 0 Å². The Morgan fingerprint density at radius 2 is 1.63 bits per heavy atom. The van der Waals surface area contributed by atoms with E-state index in [0.717, 1.165) is 11.8 Å². The largest absolute Gasteiger partial charge is 0.434 e. The maximum Gasteiger partial charge on any atom is 0.434 e. The summed E-state index contributed by atoms with van der Waals surface area (Å²) in [5, 5.41) is 0. The maximum atomic E-state index is 13.2. The lowest BCUT2D eigenvalue weighted by molar-refractivity contribution is -0.140. The summed E-state index contributed by atoms with van der Waals surface area (Å²) in [6.45, 7) is 0.330. The molecule has 0 saturated heterocycles. The average Bonchev–Trinajstić information content (AvgIpc) is 3.08. The number of alkyl halides is 3. The van der Waals surface area contributed by atoms with Crippen LogP contribution in [0, 0.1) is 0 Å². The van der Waals surface area contributed by atoms with Crippen LogP contribution >= 0.6 is 0 Å². The monoisotopic (exact) mass is 395 g/mol. The van der Waals surface area contributed by atoms with Crippen molar-refractivity contribution in [1.82, 2.24) is 9.55 Å². The van der Waals surface area contributed by atoms with Crippen molar-refractivity contribution in [3.05, 3.63) is 71.5 Å². The van der Waals surface area contributed by atoms with Crippen molar-refractivity contribution in [3.63, 3.8) is 0 Å². The first-order valence-electron chi connectivity index (χ1n) is 7.90. The molecule has 1 atom stereocenters. The summed E-state index contributed by atoms with van der Waals surface area (Å²) in [5.41, 5.74) is 7.00. The smallest absolute Gasteiger partial charge is 0.326 e. The molecular formula is C18H16F3N3O2S. The molecule has 3 rings (SSSR count). The molecule has 0 radical (unpaired) electrons. The first kappa shape index (κ1) is 19.3. The van der Waals surface area contributed by atoms with E-state index in [1.54, 1.807) is 48.5 Å². The summed E-state index contributed by atoms with van der Waals surface area (Å²) in [4.78, 5) is 3.77. The molecule has 0 amide bonds. The van der Waals surface area contributed by atoms with E-state index in [4.69, 9.17) is 10.3 Å². The predicted molar refractivity (Wildman–Crippen MR) is 96.4 cm³/mol. The minimum Gasteiger partial charge on any atom is -0.326 e. The van der Waals surface area contributed by atoms with Gasteiger partial charge in [-0.3, -0.25) is 4.57 Å². The van der Waals surface area contributed by atoms with Crippen molar-refractivity contribution in [2.24, 2.45) is 5.73 Å². The number of hydrogen-bond donors (Lipinski definition) is 2. The molecule has 0 fully saturated rings. The highest BCUT2D eigenvalue weighted by molar-refractivity contribution is 7.78. The fourth-order valence-electron chi connectivity index (χ4n) is 2.60. The fourth-order valence-corrected chi connectivity index (χ4v) is 3.08. The van der Waals surface area contributed by atoms with E-state index >= 15 is 0 Å². The van der Waals surface area contributed by atoms with E-state index in [-0.39, 0.29) is 11.6 Å². The van der Waals surface area contributed by atoms with Crippen LogP contribution in [0.15, 0.2) is 54.7 Å². The van der Waals surface area contributed by atoms with Gasteiger partial charge in [0.15, 0.2) is 16.8 Å². The van der Waals surface area contributed by atoms with Crippen LogP contribution in [0.25, 0.3) is 17.1 Å². The van der Waals surface area contributed by atoms with Gasteiger partial charge >= 0.3 is 6.18 Å². The Hall–Kier alpha value is -2.49. The molecule has 0 aliphatic carbocycles. The first-order valence-corrected chi connectivity index (χ1v) is 9.18. The second-order valence-corrected chi connectivity index (χ2v) is 6.78. The normalized spacial score (nSPS) is 12.9. The molecule has 1 unspecified atom stereocenters. The van der Waals surface area contributed by atoms with Gasteiger partial charge in [-0.15, -0.1) is 0 Å². The molecule has 0 bridgehead atoms.